The van der Waals surface area contributed by atoms with Crippen molar-refractivity contribution in [1.82, 2.24) is 9.78 Å². The molecule has 2 N–H and O–H groups in total. The summed E-state index contributed by atoms with van der Waals surface area (Å²) in [5.74, 6) is 0.649. The highest BCUT2D eigenvalue weighted by Gasteiger charge is 2.07. The Bertz CT molecular complexity index is 579. The van der Waals surface area contributed by atoms with E-state index in [0.29, 0.717) is 5.82 Å². The molecule has 94 valence electrons. The fourth-order valence-corrected chi connectivity index (χ4v) is 2.18. The third-order valence-corrected chi connectivity index (χ3v) is 3.17. The van der Waals surface area contributed by atoms with Gasteiger partial charge in [-0.2, -0.15) is 5.10 Å². The molecular weight excluding hydrogens is 343 g/mol. The molecule has 0 saturated heterocycles. The van der Waals surface area contributed by atoms with Crippen molar-refractivity contribution >= 4 is 40.1 Å². The van der Waals surface area contributed by atoms with Crippen molar-refractivity contribution in [3.63, 3.8) is 0 Å². The Labute approximate surface area is 119 Å². The van der Waals surface area contributed by atoms with Crippen LogP contribution in [0.5, 0.6) is 0 Å². The molecule has 18 heavy (non-hydrogen) atoms. The summed E-state index contributed by atoms with van der Waals surface area (Å²) < 4.78 is 2.74. The van der Waals surface area contributed by atoms with Gasteiger partial charge in [0.1, 0.15) is 5.82 Å². The van der Waals surface area contributed by atoms with Crippen molar-refractivity contribution in [2.24, 2.45) is 7.05 Å². The van der Waals surface area contributed by atoms with Crippen molar-refractivity contribution in [2.45, 2.75) is 6.92 Å². The number of amides is 2. The van der Waals surface area contributed by atoms with Gasteiger partial charge in [-0.3, -0.25) is 10.00 Å². The number of aromatic nitrogens is 2. The van der Waals surface area contributed by atoms with Gasteiger partial charge in [0.2, 0.25) is 0 Å². The fraction of sp³-hybridized carbons (Fsp3) is 0.167. The van der Waals surface area contributed by atoms with Gasteiger partial charge < -0.3 is 5.32 Å². The molecule has 1 aromatic carbocycles. The molecule has 0 aliphatic rings. The average molecular weight is 356 g/mol. The molecule has 2 amide bonds. The predicted molar refractivity (Wildman–Crippen MR) is 79.7 cm³/mol. The molecule has 0 fully saturated rings. The van der Waals surface area contributed by atoms with Gasteiger partial charge in [-0.15, -0.1) is 0 Å². The van der Waals surface area contributed by atoms with Crippen LogP contribution in [0.25, 0.3) is 0 Å². The average Bonchev–Trinajstić information content (AvgIpc) is 2.69. The fourth-order valence-electron chi connectivity index (χ4n) is 1.53. The van der Waals surface area contributed by atoms with Crippen LogP contribution >= 0.6 is 22.6 Å². The first-order valence-corrected chi connectivity index (χ1v) is 6.46. The van der Waals surface area contributed by atoms with Crippen molar-refractivity contribution in [3.05, 3.63) is 39.6 Å². The Hall–Kier alpha value is -1.57. The monoisotopic (exact) mass is 356 g/mol. The van der Waals surface area contributed by atoms with Crippen LogP contribution in [-0.2, 0) is 7.05 Å². The molecule has 0 radical (unpaired) electrons. The lowest BCUT2D eigenvalue weighted by atomic mass is 10.2. The summed E-state index contributed by atoms with van der Waals surface area (Å²) in [6.07, 6.45) is 1.63. The highest BCUT2D eigenvalue weighted by Crippen LogP contribution is 2.18. The van der Waals surface area contributed by atoms with Gasteiger partial charge >= 0.3 is 6.03 Å². The van der Waals surface area contributed by atoms with E-state index < -0.39 is 0 Å². The zero-order chi connectivity index (χ0) is 13.1. The highest BCUT2D eigenvalue weighted by atomic mass is 127. The van der Waals surface area contributed by atoms with Crippen LogP contribution < -0.4 is 10.6 Å². The van der Waals surface area contributed by atoms with Crippen molar-refractivity contribution in [1.29, 1.82) is 0 Å². The Balaban J connectivity index is 2.05. The maximum Gasteiger partial charge on any atom is 0.324 e. The predicted octanol–water partition coefficient (Wildman–Crippen LogP) is 2.98. The maximum atomic E-state index is 11.8. The van der Waals surface area contributed by atoms with Gasteiger partial charge in [-0.1, -0.05) is 0 Å². The minimum absolute atomic E-state index is 0.275. The minimum atomic E-state index is -0.275. The van der Waals surface area contributed by atoms with Crippen LogP contribution in [0, 0.1) is 10.5 Å². The summed E-state index contributed by atoms with van der Waals surface area (Å²) in [7, 11) is 1.77. The van der Waals surface area contributed by atoms with Crippen LogP contribution in [0.1, 0.15) is 5.56 Å². The van der Waals surface area contributed by atoms with E-state index in [-0.39, 0.29) is 6.03 Å². The first kappa shape index (κ1) is 12.9. The second kappa shape index (κ2) is 5.38. The number of carbonyl (C=O) groups is 1. The summed E-state index contributed by atoms with van der Waals surface area (Å²) in [6, 6.07) is 7.32. The number of nitrogens with one attached hydrogen (secondary N) is 2. The SMILES string of the molecule is Cc1cc(I)ccc1NC(=O)Nc1ccnn1C. The van der Waals surface area contributed by atoms with Crippen molar-refractivity contribution in [2.75, 3.05) is 10.6 Å². The lowest BCUT2D eigenvalue weighted by Gasteiger charge is -2.10. The van der Waals surface area contributed by atoms with Gasteiger partial charge in [0.15, 0.2) is 0 Å². The molecule has 5 nitrogen and oxygen atoms in total. The van der Waals surface area contributed by atoms with Crippen LogP contribution in [0.2, 0.25) is 0 Å². The quantitative estimate of drug-likeness (QED) is 0.813. The number of nitrogens with zero attached hydrogens (tertiary/aromatic N) is 2. The molecule has 1 aromatic heterocycles. The summed E-state index contributed by atoms with van der Waals surface area (Å²) in [4.78, 5) is 11.8. The van der Waals surface area contributed by atoms with E-state index in [0.717, 1.165) is 14.8 Å². The normalized spacial score (nSPS) is 10.2. The van der Waals surface area contributed by atoms with Crippen molar-refractivity contribution < 1.29 is 4.79 Å². The van der Waals surface area contributed by atoms with Gasteiger partial charge in [-0.25, -0.2) is 4.79 Å². The molecule has 2 rings (SSSR count). The molecule has 0 unspecified atom stereocenters. The topological polar surface area (TPSA) is 59.0 Å². The van der Waals surface area contributed by atoms with Crippen LogP contribution in [0.3, 0.4) is 0 Å². The molecule has 0 bridgehead atoms. The lowest BCUT2D eigenvalue weighted by Crippen LogP contribution is -2.21. The Morgan fingerprint density at radius 1 is 1.33 bits per heavy atom. The van der Waals surface area contributed by atoms with E-state index in [1.54, 1.807) is 24.0 Å². The van der Waals surface area contributed by atoms with Crippen molar-refractivity contribution in [3.8, 4) is 0 Å². The molecule has 0 saturated carbocycles. The zero-order valence-corrected chi connectivity index (χ0v) is 12.2. The van der Waals surface area contributed by atoms with E-state index in [4.69, 9.17) is 0 Å². The summed E-state index contributed by atoms with van der Waals surface area (Å²) in [6.45, 7) is 1.96. The minimum Gasteiger partial charge on any atom is -0.307 e. The number of hydrogen-bond acceptors (Lipinski definition) is 2. The summed E-state index contributed by atoms with van der Waals surface area (Å²) >= 11 is 2.24. The molecule has 0 aliphatic heterocycles. The molecule has 0 aliphatic carbocycles. The molecule has 0 spiro atoms. The number of halogens is 1. The number of aryl methyl sites for hydroxylation is 2. The largest absolute Gasteiger partial charge is 0.324 e. The Morgan fingerprint density at radius 2 is 2.11 bits per heavy atom. The van der Waals surface area contributed by atoms with E-state index in [2.05, 4.69) is 38.3 Å². The number of rotatable bonds is 2. The number of hydrogen-bond donors (Lipinski definition) is 2. The number of anilines is 2. The molecule has 0 atom stereocenters. The van der Waals surface area contributed by atoms with E-state index >= 15 is 0 Å². The second-order valence-electron chi connectivity index (χ2n) is 3.88. The van der Waals surface area contributed by atoms with Gasteiger partial charge in [0, 0.05) is 22.4 Å². The van der Waals surface area contributed by atoms with E-state index in [1.807, 2.05) is 25.1 Å². The Kier molecular flexibility index (Phi) is 3.85. The van der Waals surface area contributed by atoms with Gasteiger partial charge in [0.05, 0.1) is 6.20 Å². The third-order valence-electron chi connectivity index (χ3n) is 2.50. The Morgan fingerprint density at radius 3 is 2.72 bits per heavy atom. The number of carbonyl (C=O) groups excluding carboxylic acids is 1. The smallest absolute Gasteiger partial charge is 0.307 e. The second-order valence-corrected chi connectivity index (χ2v) is 5.12. The van der Waals surface area contributed by atoms with E-state index in [1.165, 1.54) is 0 Å². The highest BCUT2D eigenvalue weighted by molar-refractivity contribution is 14.1. The lowest BCUT2D eigenvalue weighted by molar-refractivity contribution is 0.262. The van der Waals surface area contributed by atoms with Gasteiger partial charge in [0.25, 0.3) is 0 Å². The molecule has 2 aromatic rings. The van der Waals surface area contributed by atoms with Crippen LogP contribution in [0.15, 0.2) is 30.5 Å². The molecule has 6 heteroatoms. The van der Waals surface area contributed by atoms with Gasteiger partial charge in [-0.05, 0) is 53.3 Å². The summed E-state index contributed by atoms with van der Waals surface area (Å²) in [5.41, 5.74) is 1.83. The number of benzene rings is 1. The third kappa shape index (κ3) is 3.00. The molecule has 1 heterocycles. The van der Waals surface area contributed by atoms with E-state index in [9.17, 15) is 4.79 Å². The first-order valence-electron chi connectivity index (χ1n) is 5.38. The maximum absolute atomic E-state index is 11.8. The summed E-state index contributed by atoms with van der Waals surface area (Å²) in [5, 5.41) is 9.52. The zero-order valence-electron chi connectivity index (χ0n) is 10.1. The van der Waals surface area contributed by atoms with Crippen LogP contribution in [0.4, 0.5) is 16.3 Å². The number of urea groups is 1. The first-order chi connectivity index (χ1) is 8.56. The van der Waals surface area contributed by atoms with Crippen LogP contribution in [-0.4, -0.2) is 15.8 Å². The molecular formula is C12H13IN4O. The standard InChI is InChI=1S/C12H13IN4O/c1-8-7-9(13)3-4-10(8)15-12(18)16-11-5-6-14-17(11)2/h3-7H,1-2H3,(H2,15,16,18).